The molecule has 6 nitrogen and oxygen atoms in total. The zero-order valence-electron chi connectivity index (χ0n) is 12.6. The maximum atomic E-state index is 12.4. The van der Waals surface area contributed by atoms with Crippen molar-refractivity contribution in [2.45, 2.75) is 6.92 Å². The van der Waals surface area contributed by atoms with Gasteiger partial charge in [0.2, 0.25) is 10.0 Å². The fraction of sp³-hybridized carbons (Fsp3) is 0.500. The molecular formula is C14H19ClN2O4S. The van der Waals surface area contributed by atoms with Crippen LogP contribution < -0.4 is 4.74 Å². The highest BCUT2D eigenvalue weighted by atomic mass is 35.5. The largest absolute Gasteiger partial charge is 0.492 e. The van der Waals surface area contributed by atoms with Crippen molar-refractivity contribution in [3.05, 3.63) is 28.8 Å². The molecule has 8 heteroatoms. The van der Waals surface area contributed by atoms with Crippen LogP contribution in [0.15, 0.2) is 18.2 Å². The van der Waals surface area contributed by atoms with Crippen molar-refractivity contribution in [2.24, 2.45) is 0 Å². The van der Waals surface area contributed by atoms with Crippen molar-refractivity contribution in [2.75, 3.05) is 39.0 Å². The van der Waals surface area contributed by atoms with Gasteiger partial charge in [0.15, 0.2) is 0 Å². The minimum absolute atomic E-state index is 0.155. The molecule has 0 saturated carbocycles. The SMILES string of the molecule is CCOc1ccc(C(=O)N2CCN(S(C)(=O)=O)CC2)cc1Cl. The van der Waals surface area contributed by atoms with Gasteiger partial charge < -0.3 is 9.64 Å². The summed E-state index contributed by atoms with van der Waals surface area (Å²) in [5, 5.41) is 0.391. The second-order valence-corrected chi connectivity index (χ2v) is 7.42. The first kappa shape index (κ1) is 17.1. The molecule has 0 atom stereocenters. The number of ether oxygens (including phenoxy) is 1. The topological polar surface area (TPSA) is 66.9 Å². The summed E-state index contributed by atoms with van der Waals surface area (Å²) in [5.41, 5.74) is 0.473. The van der Waals surface area contributed by atoms with Gasteiger partial charge in [-0.25, -0.2) is 8.42 Å². The molecule has 0 unspecified atom stereocenters. The number of hydrogen-bond donors (Lipinski definition) is 0. The first-order chi connectivity index (χ1) is 10.3. The molecule has 1 aliphatic rings. The third-order valence-electron chi connectivity index (χ3n) is 3.47. The zero-order valence-corrected chi connectivity index (χ0v) is 14.2. The lowest BCUT2D eigenvalue weighted by molar-refractivity contribution is 0.0698. The third-order valence-corrected chi connectivity index (χ3v) is 5.07. The summed E-state index contributed by atoms with van der Waals surface area (Å²) in [5.74, 6) is 0.390. The van der Waals surface area contributed by atoms with Crippen molar-refractivity contribution >= 4 is 27.5 Å². The Hall–Kier alpha value is -1.31. The van der Waals surface area contributed by atoms with E-state index >= 15 is 0 Å². The van der Waals surface area contributed by atoms with Crippen molar-refractivity contribution in [1.29, 1.82) is 0 Å². The summed E-state index contributed by atoms with van der Waals surface area (Å²) < 4.78 is 29.7. The standard InChI is InChI=1S/C14H19ClN2O4S/c1-3-21-13-5-4-11(10-12(13)15)14(18)16-6-8-17(9-7-16)22(2,19)20/h4-5,10H,3,6-9H2,1-2H3. The predicted molar refractivity (Wildman–Crippen MR) is 84.9 cm³/mol. The van der Waals surface area contributed by atoms with Gasteiger partial charge in [-0.3, -0.25) is 4.79 Å². The van der Waals surface area contributed by atoms with E-state index in [1.165, 1.54) is 10.6 Å². The molecular weight excluding hydrogens is 328 g/mol. The first-order valence-corrected chi connectivity index (χ1v) is 9.22. The number of nitrogens with zero attached hydrogens (tertiary/aromatic N) is 2. The van der Waals surface area contributed by atoms with Crippen LogP contribution >= 0.6 is 11.6 Å². The summed E-state index contributed by atoms with van der Waals surface area (Å²) in [4.78, 5) is 14.1. The molecule has 0 spiro atoms. The Balaban J connectivity index is 2.05. The van der Waals surface area contributed by atoms with Gasteiger partial charge in [-0.2, -0.15) is 4.31 Å². The number of benzene rings is 1. The van der Waals surface area contributed by atoms with Crippen LogP contribution in [0.4, 0.5) is 0 Å². The van der Waals surface area contributed by atoms with Gasteiger partial charge in [0, 0.05) is 31.7 Å². The lowest BCUT2D eigenvalue weighted by atomic mass is 10.1. The molecule has 1 fully saturated rings. The number of carbonyl (C=O) groups excluding carboxylic acids is 1. The molecule has 0 aromatic heterocycles. The summed E-state index contributed by atoms with van der Waals surface area (Å²) in [6.07, 6.45) is 1.18. The van der Waals surface area contributed by atoms with Crippen LogP contribution in [0.5, 0.6) is 5.75 Å². The second kappa shape index (κ2) is 6.85. The van der Waals surface area contributed by atoms with E-state index in [4.69, 9.17) is 16.3 Å². The highest BCUT2D eigenvalue weighted by Gasteiger charge is 2.26. The van der Waals surface area contributed by atoms with E-state index in [1.54, 1.807) is 23.1 Å². The molecule has 1 aromatic carbocycles. The summed E-state index contributed by atoms with van der Waals surface area (Å²) in [7, 11) is -3.20. The quantitative estimate of drug-likeness (QED) is 0.827. The van der Waals surface area contributed by atoms with Crippen LogP contribution in [0, 0.1) is 0 Å². The molecule has 0 aliphatic carbocycles. The maximum absolute atomic E-state index is 12.4. The molecule has 1 saturated heterocycles. The second-order valence-electron chi connectivity index (χ2n) is 5.03. The minimum atomic E-state index is -3.20. The van der Waals surface area contributed by atoms with E-state index < -0.39 is 10.0 Å². The molecule has 1 heterocycles. The third kappa shape index (κ3) is 3.91. The van der Waals surface area contributed by atoms with E-state index in [2.05, 4.69) is 0 Å². The molecule has 2 rings (SSSR count). The Kier molecular flexibility index (Phi) is 5.31. The normalized spacial score (nSPS) is 16.6. The van der Waals surface area contributed by atoms with E-state index in [1.807, 2.05) is 6.92 Å². The minimum Gasteiger partial charge on any atom is -0.492 e. The molecule has 0 N–H and O–H groups in total. The molecule has 22 heavy (non-hydrogen) atoms. The number of piperazine rings is 1. The van der Waals surface area contributed by atoms with Gasteiger partial charge in [0.25, 0.3) is 5.91 Å². The maximum Gasteiger partial charge on any atom is 0.253 e. The fourth-order valence-electron chi connectivity index (χ4n) is 2.31. The van der Waals surface area contributed by atoms with E-state index in [0.717, 1.165) is 0 Å². The van der Waals surface area contributed by atoms with Crippen molar-refractivity contribution in [3.63, 3.8) is 0 Å². The molecule has 0 bridgehead atoms. The van der Waals surface area contributed by atoms with Gasteiger partial charge in [-0.15, -0.1) is 0 Å². The average molecular weight is 347 g/mol. The van der Waals surface area contributed by atoms with Crippen LogP contribution in [0.1, 0.15) is 17.3 Å². The molecule has 1 amide bonds. The van der Waals surface area contributed by atoms with E-state index in [0.29, 0.717) is 49.1 Å². The Morgan fingerprint density at radius 3 is 2.41 bits per heavy atom. The zero-order chi connectivity index (χ0) is 16.3. The fourth-order valence-corrected chi connectivity index (χ4v) is 3.37. The smallest absolute Gasteiger partial charge is 0.253 e. The Morgan fingerprint density at radius 2 is 1.91 bits per heavy atom. The summed E-state index contributed by atoms with van der Waals surface area (Å²) >= 11 is 6.09. The molecule has 0 radical (unpaired) electrons. The number of rotatable bonds is 4. The molecule has 122 valence electrons. The lowest BCUT2D eigenvalue weighted by Crippen LogP contribution is -2.50. The van der Waals surface area contributed by atoms with Crippen LogP contribution in [-0.4, -0.2) is 62.6 Å². The van der Waals surface area contributed by atoms with Gasteiger partial charge in [-0.05, 0) is 25.1 Å². The first-order valence-electron chi connectivity index (χ1n) is 6.99. The van der Waals surface area contributed by atoms with Gasteiger partial charge in [0.05, 0.1) is 17.9 Å². The van der Waals surface area contributed by atoms with Crippen LogP contribution in [0.25, 0.3) is 0 Å². The monoisotopic (exact) mass is 346 g/mol. The average Bonchev–Trinajstić information content (AvgIpc) is 2.48. The van der Waals surface area contributed by atoms with Crippen molar-refractivity contribution in [1.82, 2.24) is 9.21 Å². The predicted octanol–water partition coefficient (Wildman–Crippen LogP) is 1.46. The number of carbonyl (C=O) groups is 1. The Bertz CT molecular complexity index is 655. The number of halogens is 1. The highest BCUT2D eigenvalue weighted by Crippen LogP contribution is 2.26. The number of hydrogen-bond acceptors (Lipinski definition) is 4. The highest BCUT2D eigenvalue weighted by molar-refractivity contribution is 7.88. The van der Waals surface area contributed by atoms with Gasteiger partial charge in [0.1, 0.15) is 5.75 Å². The summed E-state index contributed by atoms with van der Waals surface area (Å²) in [6, 6.07) is 4.92. The molecule has 1 aromatic rings. The van der Waals surface area contributed by atoms with Crippen molar-refractivity contribution < 1.29 is 17.9 Å². The van der Waals surface area contributed by atoms with E-state index in [-0.39, 0.29) is 5.91 Å². The van der Waals surface area contributed by atoms with E-state index in [9.17, 15) is 13.2 Å². The van der Waals surface area contributed by atoms with Crippen LogP contribution in [-0.2, 0) is 10.0 Å². The molecule has 1 aliphatic heterocycles. The lowest BCUT2D eigenvalue weighted by Gasteiger charge is -2.33. The van der Waals surface area contributed by atoms with Crippen LogP contribution in [0.3, 0.4) is 0 Å². The number of amides is 1. The Morgan fingerprint density at radius 1 is 1.27 bits per heavy atom. The number of sulfonamides is 1. The summed E-state index contributed by atoms with van der Waals surface area (Å²) in [6.45, 7) is 3.73. The van der Waals surface area contributed by atoms with Gasteiger partial charge in [-0.1, -0.05) is 11.6 Å². The Labute approximate surface area is 135 Å². The van der Waals surface area contributed by atoms with Crippen LogP contribution in [0.2, 0.25) is 5.02 Å². The van der Waals surface area contributed by atoms with Crippen molar-refractivity contribution in [3.8, 4) is 5.75 Å². The van der Waals surface area contributed by atoms with Gasteiger partial charge >= 0.3 is 0 Å².